The number of hydrogen-bond acceptors (Lipinski definition) is 3. The number of hydrogen-bond donors (Lipinski definition) is 1. The first-order valence-corrected chi connectivity index (χ1v) is 8.88. The Morgan fingerprint density at radius 1 is 0.929 bits per heavy atom. The predicted octanol–water partition coefficient (Wildman–Crippen LogP) is 3.94. The molecule has 0 bridgehead atoms. The Balaban J connectivity index is 2.02. The lowest BCUT2D eigenvalue weighted by Gasteiger charge is -2.35. The molecule has 0 unspecified atom stereocenters. The van der Waals surface area contributed by atoms with E-state index in [1.807, 2.05) is 4.90 Å². The van der Waals surface area contributed by atoms with Crippen LogP contribution in [0.4, 0.5) is 32.0 Å². The van der Waals surface area contributed by atoms with Crippen molar-refractivity contribution in [3.63, 3.8) is 0 Å². The molecule has 1 aromatic rings. The maximum Gasteiger partial charge on any atom is 0.416 e. The second kappa shape index (κ2) is 8.69. The summed E-state index contributed by atoms with van der Waals surface area (Å²) in [7, 11) is 0. The summed E-state index contributed by atoms with van der Waals surface area (Å²) in [6.45, 7) is 7.78. The zero-order chi connectivity index (χ0) is 21.1. The van der Waals surface area contributed by atoms with Crippen molar-refractivity contribution in [3.05, 3.63) is 29.3 Å². The van der Waals surface area contributed by atoms with Gasteiger partial charge in [-0.3, -0.25) is 9.69 Å². The number of nitrogens with zero attached hydrogens (tertiary/aromatic N) is 2. The molecule has 1 aromatic carbocycles. The van der Waals surface area contributed by atoms with Crippen LogP contribution in [0.5, 0.6) is 0 Å². The van der Waals surface area contributed by atoms with Crippen LogP contribution in [-0.4, -0.2) is 55.0 Å². The van der Waals surface area contributed by atoms with E-state index in [9.17, 15) is 31.1 Å². The molecule has 1 aliphatic heterocycles. The summed E-state index contributed by atoms with van der Waals surface area (Å²) < 4.78 is 77.3. The molecule has 0 aliphatic carbocycles. The van der Waals surface area contributed by atoms with E-state index in [-0.39, 0.29) is 12.6 Å². The lowest BCUT2D eigenvalue weighted by Crippen LogP contribution is -2.49. The SMILES string of the molecule is CC(C)CN1CCN(CC(=O)Nc2cc(C(F)(F)F)cc(C(F)(F)F)c2)CC1. The second-order valence-corrected chi connectivity index (χ2v) is 7.31. The highest BCUT2D eigenvalue weighted by atomic mass is 19.4. The van der Waals surface area contributed by atoms with Gasteiger partial charge in [0.1, 0.15) is 0 Å². The zero-order valence-corrected chi connectivity index (χ0v) is 15.6. The summed E-state index contributed by atoms with van der Waals surface area (Å²) in [4.78, 5) is 16.2. The van der Waals surface area contributed by atoms with Gasteiger partial charge in [0.2, 0.25) is 5.91 Å². The number of rotatable bonds is 5. The second-order valence-electron chi connectivity index (χ2n) is 7.31. The summed E-state index contributed by atoms with van der Waals surface area (Å²) in [5, 5.41) is 2.16. The number of nitrogens with one attached hydrogen (secondary N) is 1. The van der Waals surface area contributed by atoms with Gasteiger partial charge >= 0.3 is 12.4 Å². The van der Waals surface area contributed by atoms with Gasteiger partial charge in [0.15, 0.2) is 0 Å². The molecule has 28 heavy (non-hydrogen) atoms. The van der Waals surface area contributed by atoms with Crippen LogP contribution in [0.2, 0.25) is 0 Å². The molecular weight excluding hydrogens is 388 g/mol. The highest BCUT2D eigenvalue weighted by Gasteiger charge is 2.37. The topological polar surface area (TPSA) is 35.6 Å². The van der Waals surface area contributed by atoms with Gasteiger partial charge in [-0.05, 0) is 24.1 Å². The Morgan fingerprint density at radius 2 is 1.39 bits per heavy atom. The molecule has 0 radical (unpaired) electrons. The zero-order valence-electron chi connectivity index (χ0n) is 15.6. The summed E-state index contributed by atoms with van der Waals surface area (Å²) >= 11 is 0. The van der Waals surface area contributed by atoms with Crippen molar-refractivity contribution in [3.8, 4) is 0 Å². The quantitative estimate of drug-likeness (QED) is 0.746. The molecular formula is C18H23F6N3O. The van der Waals surface area contributed by atoms with E-state index >= 15 is 0 Å². The Labute approximate surface area is 159 Å². The van der Waals surface area contributed by atoms with Crippen LogP contribution in [-0.2, 0) is 17.1 Å². The maximum absolute atomic E-state index is 12.9. The molecule has 1 saturated heterocycles. The highest BCUT2D eigenvalue weighted by molar-refractivity contribution is 5.92. The van der Waals surface area contributed by atoms with Gasteiger partial charge in [-0.25, -0.2) is 0 Å². The van der Waals surface area contributed by atoms with Crippen molar-refractivity contribution in [2.75, 3.05) is 44.6 Å². The molecule has 10 heteroatoms. The number of benzene rings is 1. The number of alkyl halides is 6. The fourth-order valence-corrected chi connectivity index (χ4v) is 3.08. The number of amides is 1. The van der Waals surface area contributed by atoms with Crippen LogP contribution in [0.3, 0.4) is 0 Å². The minimum Gasteiger partial charge on any atom is -0.325 e. The molecule has 0 aromatic heterocycles. The van der Waals surface area contributed by atoms with Crippen molar-refractivity contribution in [2.45, 2.75) is 26.2 Å². The number of carbonyl (C=O) groups is 1. The first kappa shape index (κ1) is 22.5. The van der Waals surface area contributed by atoms with Crippen molar-refractivity contribution in [1.82, 2.24) is 9.80 Å². The monoisotopic (exact) mass is 411 g/mol. The van der Waals surface area contributed by atoms with Crippen LogP contribution < -0.4 is 5.32 Å². The van der Waals surface area contributed by atoms with Crippen LogP contribution >= 0.6 is 0 Å². The standard InChI is InChI=1S/C18H23F6N3O/c1-12(2)10-26-3-5-27(6-4-26)11-16(28)25-15-8-13(17(19,20)21)7-14(9-15)18(22,23)24/h7-9,12H,3-6,10-11H2,1-2H3,(H,25,28). The van der Waals surface area contributed by atoms with Gasteiger partial charge < -0.3 is 10.2 Å². The average Bonchev–Trinajstić information content (AvgIpc) is 2.54. The first-order valence-electron chi connectivity index (χ1n) is 8.88. The van der Waals surface area contributed by atoms with E-state index in [4.69, 9.17) is 0 Å². The Morgan fingerprint density at radius 3 is 1.82 bits per heavy atom. The van der Waals surface area contributed by atoms with E-state index < -0.39 is 35.1 Å². The summed E-state index contributed by atoms with van der Waals surface area (Å²) in [5.41, 5.74) is -3.44. The van der Waals surface area contributed by atoms with Crippen LogP contribution in [0.25, 0.3) is 0 Å². The number of piperazine rings is 1. The molecule has 1 fully saturated rings. The lowest BCUT2D eigenvalue weighted by molar-refractivity contribution is -0.143. The maximum atomic E-state index is 12.9. The summed E-state index contributed by atoms with van der Waals surface area (Å²) in [6, 6.07) is 1.05. The van der Waals surface area contributed by atoms with Gasteiger partial charge in [-0.2, -0.15) is 26.3 Å². The summed E-state index contributed by atoms with van der Waals surface area (Å²) in [6.07, 6.45) is -9.90. The van der Waals surface area contributed by atoms with Crippen molar-refractivity contribution < 1.29 is 31.1 Å². The minimum absolute atomic E-state index is 0.0314. The van der Waals surface area contributed by atoms with E-state index in [0.29, 0.717) is 31.1 Å². The van der Waals surface area contributed by atoms with Crippen LogP contribution in [0.1, 0.15) is 25.0 Å². The smallest absolute Gasteiger partial charge is 0.325 e. The Hall–Kier alpha value is -1.81. The molecule has 0 saturated carbocycles. The highest BCUT2D eigenvalue weighted by Crippen LogP contribution is 2.37. The fraction of sp³-hybridized carbons (Fsp3) is 0.611. The van der Waals surface area contributed by atoms with Crippen molar-refractivity contribution in [1.29, 1.82) is 0 Å². The molecule has 158 valence electrons. The van der Waals surface area contributed by atoms with Gasteiger partial charge in [0.25, 0.3) is 0 Å². The van der Waals surface area contributed by atoms with E-state index in [1.54, 1.807) is 0 Å². The average molecular weight is 411 g/mol. The van der Waals surface area contributed by atoms with E-state index in [1.165, 1.54) is 0 Å². The normalized spacial score (nSPS) is 17.2. The van der Waals surface area contributed by atoms with Crippen LogP contribution in [0, 0.1) is 5.92 Å². The van der Waals surface area contributed by atoms with Crippen LogP contribution in [0.15, 0.2) is 18.2 Å². The van der Waals surface area contributed by atoms with Crippen molar-refractivity contribution in [2.24, 2.45) is 5.92 Å². The molecule has 1 amide bonds. The predicted molar refractivity (Wildman–Crippen MR) is 92.8 cm³/mol. The first-order chi connectivity index (χ1) is 12.8. The molecule has 0 spiro atoms. The Kier molecular flexibility index (Phi) is 6.97. The number of anilines is 1. The Bertz CT molecular complexity index is 647. The summed E-state index contributed by atoms with van der Waals surface area (Å²) in [5.74, 6) is -0.136. The molecule has 0 atom stereocenters. The molecule has 1 aliphatic rings. The molecule has 1 heterocycles. The van der Waals surface area contributed by atoms with Gasteiger partial charge in [0.05, 0.1) is 17.7 Å². The van der Waals surface area contributed by atoms with E-state index in [0.717, 1.165) is 19.6 Å². The molecule has 1 N–H and O–H groups in total. The fourth-order valence-electron chi connectivity index (χ4n) is 3.08. The minimum atomic E-state index is -4.95. The largest absolute Gasteiger partial charge is 0.416 e. The number of halogens is 6. The lowest BCUT2D eigenvalue weighted by atomic mass is 10.1. The third-order valence-electron chi connectivity index (χ3n) is 4.33. The molecule has 2 rings (SSSR count). The van der Waals surface area contributed by atoms with Crippen molar-refractivity contribution >= 4 is 11.6 Å². The van der Waals surface area contributed by atoms with Gasteiger partial charge in [0, 0.05) is 38.4 Å². The number of carbonyl (C=O) groups excluding carboxylic acids is 1. The van der Waals surface area contributed by atoms with Gasteiger partial charge in [-0.1, -0.05) is 13.8 Å². The third-order valence-corrected chi connectivity index (χ3v) is 4.33. The van der Waals surface area contributed by atoms with Gasteiger partial charge in [-0.15, -0.1) is 0 Å². The third kappa shape index (κ3) is 6.66. The molecule has 4 nitrogen and oxygen atoms in total. The van der Waals surface area contributed by atoms with E-state index in [2.05, 4.69) is 24.1 Å².